The van der Waals surface area contributed by atoms with Crippen LogP contribution in [0, 0.1) is 0 Å². The van der Waals surface area contributed by atoms with Gasteiger partial charge in [-0.05, 0) is 73.7 Å². The average molecular weight is 401 g/mol. The third-order valence-corrected chi connectivity index (χ3v) is 6.69. The third-order valence-electron chi connectivity index (χ3n) is 5.64. The first-order chi connectivity index (χ1) is 13.7. The predicted molar refractivity (Wildman–Crippen MR) is 112 cm³/mol. The van der Waals surface area contributed by atoms with Crippen molar-refractivity contribution in [2.75, 3.05) is 23.3 Å². The maximum absolute atomic E-state index is 12.6. The molecule has 28 heavy (non-hydrogen) atoms. The zero-order chi connectivity index (χ0) is 19.3. The highest BCUT2D eigenvalue weighted by molar-refractivity contribution is 8.00. The lowest BCUT2D eigenvalue weighted by molar-refractivity contribution is -0.115. The Balaban J connectivity index is 1.34. The number of thioether (sulfide) groups is 1. The average Bonchev–Trinajstić information content (AvgIpc) is 3.41. The van der Waals surface area contributed by atoms with Gasteiger partial charge < -0.3 is 10.2 Å². The number of anilines is 2. The molecule has 1 unspecified atom stereocenters. The van der Waals surface area contributed by atoms with E-state index in [1.54, 1.807) is 0 Å². The number of piperidine rings is 1. The van der Waals surface area contributed by atoms with E-state index in [-0.39, 0.29) is 11.2 Å². The Morgan fingerprint density at radius 1 is 1.11 bits per heavy atom. The van der Waals surface area contributed by atoms with Gasteiger partial charge in [0.05, 0.1) is 11.3 Å². The molecule has 1 saturated heterocycles. The zero-order valence-corrected chi connectivity index (χ0v) is 17.2. The van der Waals surface area contributed by atoms with Gasteiger partial charge in [0.15, 0.2) is 0 Å². The molecular weight excluding hydrogens is 372 g/mol. The smallest absolute Gasteiger partial charge is 0.237 e. The summed E-state index contributed by atoms with van der Waals surface area (Å²) in [6, 6.07) is 8.54. The lowest BCUT2D eigenvalue weighted by atomic mass is 10.1. The van der Waals surface area contributed by atoms with Gasteiger partial charge in [0, 0.05) is 24.5 Å². The Labute approximate surface area is 170 Å². The van der Waals surface area contributed by atoms with Crippen LogP contribution in [0.3, 0.4) is 0 Å². The third kappa shape index (κ3) is 4.48. The standard InChI is InChI=1S/C20H28N6OS/c1-15(28-20-22-23-24-26(20)18-7-3-4-8-18)19(27)21-16-9-11-17(12-10-16)25-13-5-2-6-14-25/h9-12,15,18H,2-8,13-14H2,1H3,(H,21,27). The molecule has 1 saturated carbocycles. The SMILES string of the molecule is CC(Sc1nnnn1C1CCCC1)C(=O)Nc1ccc(N2CCCCC2)cc1. The van der Waals surface area contributed by atoms with Gasteiger partial charge in [-0.1, -0.05) is 24.6 Å². The maximum atomic E-state index is 12.6. The van der Waals surface area contributed by atoms with Crippen molar-refractivity contribution in [2.24, 2.45) is 0 Å². The number of nitrogens with zero attached hydrogens (tertiary/aromatic N) is 5. The molecule has 1 aromatic carbocycles. The lowest BCUT2D eigenvalue weighted by Crippen LogP contribution is -2.29. The van der Waals surface area contributed by atoms with Crippen molar-refractivity contribution in [1.29, 1.82) is 0 Å². The number of hydrogen-bond acceptors (Lipinski definition) is 6. The molecule has 1 aliphatic carbocycles. The Bertz CT molecular complexity index is 780. The van der Waals surface area contributed by atoms with Crippen molar-refractivity contribution in [2.45, 2.75) is 68.3 Å². The van der Waals surface area contributed by atoms with E-state index in [1.165, 1.54) is 49.6 Å². The summed E-state index contributed by atoms with van der Waals surface area (Å²) in [5.41, 5.74) is 2.06. The quantitative estimate of drug-likeness (QED) is 0.741. The molecular formula is C20H28N6OS. The highest BCUT2D eigenvalue weighted by atomic mass is 32.2. The van der Waals surface area contributed by atoms with Gasteiger partial charge in [0.25, 0.3) is 0 Å². The highest BCUT2D eigenvalue weighted by Crippen LogP contribution is 2.32. The zero-order valence-electron chi connectivity index (χ0n) is 16.4. The van der Waals surface area contributed by atoms with E-state index >= 15 is 0 Å². The van der Waals surface area contributed by atoms with Gasteiger partial charge in [-0.2, -0.15) is 0 Å². The van der Waals surface area contributed by atoms with Crippen molar-refractivity contribution in [3.8, 4) is 0 Å². The van der Waals surface area contributed by atoms with Crippen LogP contribution in [-0.4, -0.2) is 44.5 Å². The first-order valence-corrected chi connectivity index (χ1v) is 11.2. The molecule has 1 aliphatic heterocycles. The Kier molecular flexibility index (Phi) is 6.14. The van der Waals surface area contributed by atoms with E-state index in [0.717, 1.165) is 36.8 Å². The van der Waals surface area contributed by atoms with Gasteiger partial charge in [-0.3, -0.25) is 4.79 Å². The van der Waals surface area contributed by atoms with Crippen molar-refractivity contribution < 1.29 is 4.79 Å². The van der Waals surface area contributed by atoms with E-state index in [0.29, 0.717) is 6.04 Å². The summed E-state index contributed by atoms with van der Waals surface area (Å²) < 4.78 is 1.90. The van der Waals surface area contributed by atoms with Gasteiger partial charge in [-0.25, -0.2) is 4.68 Å². The van der Waals surface area contributed by atoms with Crippen LogP contribution in [0.4, 0.5) is 11.4 Å². The fraction of sp³-hybridized carbons (Fsp3) is 0.600. The summed E-state index contributed by atoms with van der Waals surface area (Å²) >= 11 is 1.42. The summed E-state index contributed by atoms with van der Waals surface area (Å²) in [7, 11) is 0. The van der Waals surface area contributed by atoms with E-state index in [9.17, 15) is 4.79 Å². The molecule has 7 nitrogen and oxygen atoms in total. The van der Waals surface area contributed by atoms with E-state index in [2.05, 4.69) is 37.9 Å². The topological polar surface area (TPSA) is 75.9 Å². The molecule has 2 aromatic rings. The molecule has 1 atom stereocenters. The highest BCUT2D eigenvalue weighted by Gasteiger charge is 2.24. The number of rotatable bonds is 6. The fourth-order valence-electron chi connectivity index (χ4n) is 4.00. The number of carbonyl (C=O) groups is 1. The molecule has 8 heteroatoms. The van der Waals surface area contributed by atoms with Crippen LogP contribution >= 0.6 is 11.8 Å². The van der Waals surface area contributed by atoms with Gasteiger partial charge in [-0.15, -0.1) is 5.10 Å². The second-order valence-corrected chi connectivity index (χ2v) is 9.00. The van der Waals surface area contributed by atoms with Crippen molar-refractivity contribution in [3.05, 3.63) is 24.3 Å². The molecule has 1 amide bonds. The number of hydrogen-bond donors (Lipinski definition) is 1. The van der Waals surface area contributed by atoms with Gasteiger partial charge in [0.2, 0.25) is 11.1 Å². The summed E-state index contributed by atoms with van der Waals surface area (Å²) in [5, 5.41) is 15.6. The first-order valence-electron chi connectivity index (χ1n) is 10.3. The minimum absolute atomic E-state index is 0.0308. The van der Waals surface area contributed by atoms with Crippen molar-refractivity contribution >= 4 is 29.0 Å². The molecule has 1 aromatic heterocycles. The maximum Gasteiger partial charge on any atom is 0.237 e. The van der Waals surface area contributed by atoms with Crippen LogP contribution in [0.25, 0.3) is 0 Å². The molecule has 2 heterocycles. The van der Waals surface area contributed by atoms with Gasteiger partial charge in [0.1, 0.15) is 0 Å². The predicted octanol–water partition coefficient (Wildman–Crippen LogP) is 3.90. The van der Waals surface area contributed by atoms with Gasteiger partial charge >= 0.3 is 0 Å². The molecule has 2 aliphatic rings. The van der Waals surface area contributed by atoms with Crippen LogP contribution in [0.1, 0.15) is 57.9 Å². The normalized spacial score (nSPS) is 19.0. The number of amides is 1. The number of carbonyl (C=O) groups excluding carboxylic acids is 1. The van der Waals surface area contributed by atoms with E-state index in [1.807, 2.05) is 23.7 Å². The second kappa shape index (κ2) is 8.94. The van der Waals surface area contributed by atoms with Crippen LogP contribution in [-0.2, 0) is 4.79 Å². The Morgan fingerprint density at radius 2 is 1.82 bits per heavy atom. The molecule has 4 rings (SSSR count). The lowest BCUT2D eigenvalue weighted by Gasteiger charge is -2.28. The van der Waals surface area contributed by atoms with Crippen molar-refractivity contribution in [3.63, 3.8) is 0 Å². The van der Waals surface area contributed by atoms with Crippen LogP contribution < -0.4 is 10.2 Å². The summed E-state index contributed by atoms with van der Waals surface area (Å²) in [6.07, 6.45) is 8.51. The largest absolute Gasteiger partial charge is 0.372 e. The number of aromatic nitrogens is 4. The summed E-state index contributed by atoms with van der Waals surface area (Å²) in [5.74, 6) is -0.0308. The van der Waals surface area contributed by atoms with E-state index < -0.39 is 0 Å². The Hall–Kier alpha value is -2.09. The molecule has 0 spiro atoms. The second-order valence-electron chi connectivity index (χ2n) is 7.69. The van der Waals surface area contributed by atoms with Crippen molar-refractivity contribution in [1.82, 2.24) is 20.2 Å². The van der Waals surface area contributed by atoms with Crippen LogP contribution in [0.2, 0.25) is 0 Å². The Morgan fingerprint density at radius 3 is 2.54 bits per heavy atom. The molecule has 0 radical (unpaired) electrons. The summed E-state index contributed by atoms with van der Waals surface area (Å²) in [6.45, 7) is 4.14. The minimum Gasteiger partial charge on any atom is -0.372 e. The molecule has 150 valence electrons. The first kappa shape index (κ1) is 19.2. The number of nitrogens with one attached hydrogen (secondary N) is 1. The number of tetrazole rings is 1. The molecule has 1 N–H and O–H groups in total. The van der Waals surface area contributed by atoms with Crippen LogP contribution in [0.15, 0.2) is 29.4 Å². The van der Waals surface area contributed by atoms with Crippen LogP contribution in [0.5, 0.6) is 0 Å². The molecule has 0 bridgehead atoms. The minimum atomic E-state index is -0.270. The number of benzene rings is 1. The summed E-state index contributed by atoms with van der Waals surface area (Å²) in [4.78, 5) is 15.1. The fourth-order valence-corrected chi connectivity index (χ4v) is 4.86. The monoisotopic (exact) mass is 400 g/mol. The van der Waals surface area contributed by atoms with E-state index in [4.69, 9.17) is 0 Å². The molecule has 2 fully saturated rings.